The van der Waals surface area contributed by atoms with Crippen LogP contribution in [0.2, 0.25) is 5.02 Å². The standard InChI is InChI=1S/C23H21ClIN3O4/c1-2-31-22-12-18(14-27-26-13-16-3-7-19(24)8-4-16)11-21(25)23(22)32-15-17-5-9-20(10-6-17)28(29)30/h3-12,14,26H,2,13,15H2,1H3/b27-14-. The van der Waals surface area contributed by atoms with Crippen LogP contribution in [0.4, 0.5) is 5.69 Å². The summed E-state index contributed by atoms with van der Waals surface area (Å²) in [6.07, 6.45) is 1.72. The molecule has 0 atom stereocenters. The van der Waals surface area contributed by atoms with Gasteiger partial charge in [-0.05, 0) is 82.6 Å². The van der Waals surface area contributed by atoms with Gasteiger partial charge in [0.05, 0.1) is 27.9 Å². The Morgan fingerprint density at radius 3 is 2.44 bits per heavy atom. The van der Waals surface area contributed by atoms with Gasteiger partial charge in [0.15, 0.2) is 11.5 Å². The molecule has 1 N–H and O–H groups in total. The fourth-order valence-corrected chi connectivity index (χ4v) is 3.70. The summed E-state index contributed by atoms with van der Waals surface area (Å²) in [7, 11) is 0. The van der Waals surface area contributed by atoms with Crippen molar-refractivity contribution in [3.05, 3.63) is 96.1 Å². The summed E-state index contributed by atoms with van der Waals surface area (Å²) >= 11 is 8.09. The van der Waals surface area contributed by atoms with Crippen LogP contribution >= 0.6 is 34.2 Å². The van der Waals surface area contributed by atoms with Gasteiger partial charge in [0, 0.05) is 17.2 Å². The van der Waals surface area contributed by atoms with Gasteiger partial charge in [0.25, 0.3) is 5.69 Å². The Morgan fingerprint density at radius 1 is 1.09 bits per heavy atom. The molecule has 0 aliphatic heterocycles. The van der Waals surface area contributed by atoms with Crippen LogP contribution in [0.25, 0.3) is 0 Å². The Labute approximate surface area is 204 Å². The van der Waals surface area contributed by atoms with E-state index in [0.29, 0.717) is 29.7 Å². The quantitative estimate of drug-likeness (QED) is 0.142. The average Bonchev–Trinajstić information content (AvgIpc) is 2.78. The van der Waals surface area contributed by atoms with Gasteiger partial charge in [-0.1, -0.05) is 23.7 Å². The summed E-state index contributed by atoms with van der Waals surface area (Å²) in [6.45, 7) is 3.24. The molecule has 0 aliphatic carbocycles. The molecular weight excluding hydrogens is 545 g/mol. The van der Waals surface area contributed by atoms with E-state index < -0.39 is 4.92 Å². The first-order chi connectivity index (χ1) is 15.5. The van der Waals surface area contributed by atoms with E-state index in [4.69, 9.17) is 21.1 Å². The third-order valence-corrected chi connectivity index (χ3v) is 5.42. The molecule has 0 bridgehead atoms. The number of nitrogens with zero attached hydrogens (tertiary/aromatic N) is 2. The number of benzene rings is 3. The number of hydrogen-bond donors (Lipinski definition) is 1. The number of nitro groups is 1. The molecule has 3 rings (SSSR count). The van der Waals surface area contributed by atoms with E-state index in [9.17, 15) is 10.1 Å². The number of hydrogen-bond acceptors (Lipinski definition) is 6. The minimum Gasteiger partial charge on any atom is -0.490 e. The van der Waals surface area contributed by atoms with Crippen LogP contribution < -0.4 is 14.9 Å². The van der Waals surface area contributed by atoms with Crippen molar-refractivity contribution >= 4 is 46.1 Å². The van der Waals surface area contributed by atoms with Crippen LogP contribution in [0, 0.1) is 13.7 Å². The van der Waals surface area contributed by atoms with Gasteiger partial charge in [-0.25, -0.2) is 0 Å². The van der Waals surface area contributed by atoms with Gasteiger partial charge in [-0.15, -0.1) is 0 Å². The number of non-ortho nitro benzene ring substituents is 1. The second-order valence-corrected chi connectivity index (χ2v) is 8.29. The van der Waals surface area contributed by atoms with Gasteiger partial charge in [0.2, 0.25) is 0 Å². The van der Waals surface area contributed by atoms with Crippen molar-refractivity contribution in [1.29, 1.82) is 0 Å². The first kappa shape index (κ1) is 23.8. The summed E-state index contributed by atoms with van der Waals surface area (Å²) in [6, 6.07) is 17.7. The predicted molar refractivity (Wildman–Crippen MR) is 134 cm³/mol. The van der Waals surface area contributed by atoms with Crippen molar-refractivity contribution < 1.29 is 14.4 Å². The SMILES string of the molecule is CCOc1cc(/C=N\NCc2ccc(Cl)cc2)cc(I)c1OCc1ccc([N+](=O)[O-])cc1. The molecule has 0 fully saturated rings. The van der Waals surface area contributed by atoms with Gasteiger partial charge in [0.1, 0.15) is 6.61 Å². The fraction of sp³-hybridized carbons (Fsp3) is 0.174. The number of hydrazone groups is 1. The molecule has 0 saturated heterocycles. The van der Waals surface area contributed by atoms with E-state index in [1.165, 1.54) is 12.1 Å². The molecule has 166 valence electrons. The summed E-state index contributed by atoms with van der Waals surface area (Å²) in [5.41, 5.74) is 5.83. The molecular formula is C23H21ClIN3O4. The maximum atomic E-state index is 10.8. The molecule has 0 amide bonds. The number of rotatable bonds is 10. The van der Waals surface area contributed by atoms with Crippen LogP contribution in [-0.2, 0) is 13.2 Å². The Balaban J connectivity index is 1.66. The van der Waals surface area contributed by atoms with E-state index in [1.54, 1.807) is 18.3 Å². The largest absolute Gasteiger partial charge is 0.490 e. The zero-order valence-corrected chi connectivity index (χ0v) is 20.2. The van der Waals surface area contributed by atoms with Gasteiger partial charge < -0.3 is 14.9 Å². The molecule has 0 spiro atoms. The second-order valence-electron chi connectivity index (χ2n) is 6.69. The summed E-state index contributed by atoms with van der Waals surface area (Å²) < 4.78 is 12.6. The first-order valence-corrected chi connectivity index (χ1v) is 11.2. The highest BCUT2D eigenvalue weighted by Crippen LogP contribution is 2.34. The molecule has 7 nitrogen and oxygen atoms in total. The zero-order chi connectivity index (χ0) is 22.9. The minimum absolute atomic E-state index is 0.0478. The van der Waals surface area contributed by atoms with Crippen molar-refractivity contribution in [3.8, 4) is 11.5 Å². The van der Waals surface area contributed by atoms with Gasteiger partial charge in [-0.3, -0.25) is 10.1 Å². The van der Waals surface area contributed by atoms with Crippen molar-refractivity contribution in [1.82, 2.24) is 5.43 Å². The molecule has 3 aromatic carbocycles. The predicted octanol–water partition coefficient (Wildman–Crippen LogP) is 5.95. The lowest BCUT2D eigenvalue weighted by atomic mass is 10.2. The molecule has 0 heterocycles. The van der Waals surface area contributed by atoms with Crippen LogP contribution in [0.3, 0.4) is 0 Å². The summed E-state index contributed by atoms with van der Waals surface area (Å²) in [5, 5.41) is 15.8. The zero-order valence-electron chi connectivity index (χ0n) is 17.3. The third kappa shape index (κ3) is 6.83. The maximum Gasteiger partial charge on any atom is 0.269 e. The highest BCUT2D eigenvalue weighted by Gasteiger charge is 2.13. The lowest BCUT2D eigenvalue weighted by Gasteiger charge is -2.14. The molecule has 9 heteroatoms. The number of halogens is 2. The highest BCUT2D eigenvalue weighted by molar-refractivity contribution is 14.1. The minimum atomic E-state index is -0.425. The molecule has 0 aromatic heterocycles. The smallest absolute Gasteiger partial charge is 0.269 e. The average molecular weight is 566 g/mol. The fourth-order valence-electron chi connectivity index (χ4n) is 2.79. The number of ether oxygens (including phenoxy) is 2. The van der Waals surface area contributed by atoms with E-state index in [1.807, 2.05) is 43.3 Å². The maximum absolute atomic E-state index is 10.8. The lowest BCUT2D eigenvalue weighted by Crippen LogP contribution is -2.06. The molecule has 0 saturated carbocycles. The molecule has 3 aromatic rings. The van der Waals surface area contributed by atoms with Crippen molar-refractivity contribution in [2.75, 3.05) is 6.61 Å². The van der Waals surface area contributed by atoms with Gasteiger partial charge in [-0.2, -0.15) is 5.10 Å². The van der Waals surface area contributed by atoms with Crippen LogP contribution in [-0.4, -0.2) is 17.7 Å². The van der Waals surface area contributed by atoms with E-state index >= 15 is 0 Å². The molecule has 0 unspecified atom stereocenters. The van der Waals surface area contributed by atoms with Gasteiger partial charge >= 0.3 is 0 Å². The number of nitrogens with one attached hydrogen (secondary N) is 1. The summed E-state index contributed by atoms with van der Waals surface area (Å²) in [5.74, 6) is 1.23. The van der Waals surface area contributed by atoms with Crippen LogP contribution in [0.1, 0.15) is 23.6 Å². The van der Waals surface area contributed by atoms with Crippen molar-refractivity contribution in [2.45, 2.75) is 20.1 Å². The lowest BCUT2D eigenvalue weighted by molar-refractivity contribution is -0.384. The summed E-state index contributed by atoms with van der Waals surface area (Å²) in [4.78, 5) is 10.4. The van der Waals surface area contributed by atoms with E-state index in [0.717, 1.165) is 20.3 Å². The molecule has 0 radical (unpaired) electrons. The monoisotopic (exact) mass is 565 g/mol. The van der Waals surface area contributed by atoms with Crippen LogP contribution in [0.15, 0.2) is 65.8 Å². The Hall–Kier alpha value is -2.85. The van der Waals surface area contributed by atoms with Crippen LogP contribution in [0.5, 0.6) is 11.5 Å². The van der Waals surface area contributed by atoms with Crippen molar-refractivity contribution in [3.63, 3.8) is 0 Å². The topological polar surface area (TPSA) is 86.0 Å². The van der Waals surface area contributed by atoms with E-state index in [2.05, 4.69) is 33.1 Å². The van der Waals surface area contributed by atoms with Crippen molar-refractivity contribution in [2.24, 2.45) is 5.10 Å². The molecule has 0 aliphatic rings. The molecule has 32 heavy (non-hydrogen) atoms. The first-order valence-electron chi connectivity index (χ1n) is 9.79. The van der Waals surface area contributed by atoms with E-state index in [-0.39, 0.29) is 12.3 Å². The normalized spacial score (nSPS) is 10.8. The Bertz CT molecular complexity index is 1090. The highest BCUT2D eigenvalue weighted by atomic mass is 127. The second kappa shape index (κ2) is 11.7. The number of nitro benzene ring substituents is 1. The third-order valence-electron chi connectivity index (χ3n) is 4.36. The Kier molecular flexibility index (Phi) is 8.69. The Morgan fingerprint density at radius 2 is 1.78 bits per heavy atom.